The Balaban J connectivity index is 1.68. The number of likely N-dealkylation sites (N-methyl/N-ethyl adjacent to an activating group) is 1. The molecule has 0 radical (unpaired) electrons. The van der Waals surface area contributed by atoms with Gasteiger partial charge in [-0.05, 0) is 44.5 Å². The monoisotopic (exact) mass is 372 g/mol. The summed E-state index contributed by atoms with van der Waals surface area (Å²) in [6.45, 7) is 3.69. The highest BCUT2D eigenvalue weighted by atomic mass is 16.5. The number of aliphatic carboxylic acids is 1. The lowest BCUT2D eigenvalue weighted by Crippen LogP contribution is -2.32. The minimum Gasteiger partial charge on any atom is -0.480 e. The first-order valence-electron chi connectivity index (χ1n) is 8.95. The summed E-state index contributed by atoms with van der Waals surface area (Å²) in [5.41, 5.74) is 2.03. The zero-order valence-electron chi connectivity index (χ0n) is 15.5. The summed E-state index contributed by atoms with van der Waals surface area (Å²) in [6.07, 6.45) is 2.06. The van der Waals surface area contributed by atoms with Crippen LogP contribution in [0.4, 0.5) is 10.5 Å². The lowest BCUT2D eigenvalue weighted by Gasteiger charge is -2.24. The Labute approximate surface area is 157 Å². The van der Waals surface area contributed by atoms with Crippen molar-refractivity contribution in [2.24, 2.45) is 0 Å². The maximum atomic E-state index is 12.2. The molecule has 1 fully saturated rings. The van der Waals surface area contributed by atoms with Crippen molar-refractivity contribution in [2.75, 3.05) is 25.5 Å². The predicted octanol–water partition coefficient (Wildman–Crippen LogP) is 2.87. The number of carbonyl (C=O) groups excluding carboxylic acids is 1. The number of amides is 2. The molecule has 2 N–H and O–H groups in total. The summed E-state index contributed by atoms with van der Waals surface area (Å²) in [5.74, 6) is -0.349. The van der Waals surface area contributed by atoms with E-state index in [-0.39, 0.29) is 6.03 Å². The van der Waals surface area contributed by atoms with Gasteiger partial charge < -0.3 is 19.8 Å². The Bertz CT molecular complexity index is 796. The molecule has 3 rings (SSSR count). The lowest BCUT2D eigenvalue weighted by atomic mass is 10.1. The van der Waals surface area contributed by atoms with Gasteiger partial charge in [-0.1, -0.05) is 17.3 Å². The number of anilines is 1. The van der Waals surface area contributed by atoms with Crippen molar-refractivity contribution < 1.29 is 19.2 Å². The average Bonchev–Trinajstić information content (AvgIpc) is 3.28. The number of nitrogens with zero attached hydrogens (tertiary/aromatic N) is 3. The van der Waals surface area contributed by atoms with Crippen molar-refractivity contribution in [3.63, 3.8) is 0 Å². The lowest BCUT2D eigenvalue weighted by molar-refractivity contribution is -0.143. The molecule has 1 saturated heterocycles. The Morgan fingerprint density at radius 1 is 1.30 bits per heavy atom. The van der Waals surface area contributed by atoms with Gasteiger partial charge in [0.2, 0.25) is 0 Å². The fraction of sp³-hybridized carbons (Fsp3) is 0.421. The molecular formula is C19H24N4O4. The van der Waals surface area contributed by atoms with Crippen LogP contribution in [0, 0.1) is 6.92 Å². The maximum Gasteiger partial charge on any atom is 0.325 e. The Morgan fingerprint density at radius 3 is 2.52 bits per heavy atom. The van der Waals surface area contributed by atoms with Crippen LogP contribution in [0.2, 0.25) is 0 Å². The number of urea groups is 1. The molecule has 8 nitrogen and oxygen atoms in total. The van der Waals surface area contributed by atoms with E-state index in [1.54, 1.807) is 47.2 Å². The maximum absolute atomic E-state index is 12.2. The van der Waals surface area contributed by atoms with Gasteiger partial charge >= 0.3 is 12.0 Å². The number of benzene rings is 1. The summed E-state index contributed by atoms with van der Waals surface area (Å²) in [6, 6.07) is 7.73. The molecule has 0 spiro atoms. The van der Waals surface area contributed by atoms with Crippen LogP contribution >= 0.6 is 0 Å². The number of hydrogen-bond donors (Lipinski definition) is 2. The third-order valence-electron chi connectivity index (χ3n) is 4.63. The van der Waals surface area contributed by atoms with Crippen molar-refractivity contribution >= 4 is 17.7 Å². The van der Waals surface area contributed by atoms with Crippen LogP contribution < -0.4 is 5.32 Å². The highest BCUT2D eigenvalue weighted by Gasteiger charge is 2.26. The molecule has 27 heavy (non-hydrogen) atoms. The molecule has 1 atom stereocenters. The van der Waals surface area contributed by atoms with Crippen molar-refractivity contribution in [1.82, 2.24) is 15.0 Å². The fourth-order valence-electron chi connectivity index (χ4n) is 3.29. The van der Waals surface area contributed by atoms with Gasteiger partial charge in [-0.2, -0.15) is 0 Å². The number of nitrogens with one attached hydrogen (secondary N) is 1. The Hall–Kier alpha value is -2.87. The van der Waals surface area contributed by atoms with Crippen LogP contribution in [0.1, 0.15) is 35.9 Å². The van der Waals surface area contributed by atoms with Crippen LogP contribution in [0.5, 0.6) is 0 Å². The smallest absolute Gasteiger partial charge is 0.325 e. The van der Waals surface area contributed by atoms with E-state index in [9.17, 15) is 14.7 Å². The molecular weight excluding hydrogens is 348 g/mol. The molecule has 0 unspecified atom stereocenters. The number of aryl methyl sites for hydroxylation is 1. The number of rotatable bonds is 6. The van der Waals surface area contributed by atoms with Gasteiger partial charge in [0.15, 0.2) is 5.76 Å². The standard InChI is InChI=1S/C19H24N4O4/c1-13-11-16(27-21-13)12-22(2)17(18(24)25)14-5-7-15(8-6-14)20-19(26)23-9-3-4-10-23/h5-8,11,17H,3-4,9-10,12H2,1-2H3,(H,20,26)(H,24,25)/t17-/m0/s1. The van der Waals surface area contributed by atoms with Gasteiger partial charge in [0.05, 0.1) is 12.2 Å². The van der Waals surface area contributed by atoms with Crippen molar-refractivity contribution in [3.8, 4) is 0 Å². The van der Waals surface area contributed by atoms with Gasteiger partial charge in [-0.25, -0.2) is 4.79 Å². The minimum absolute atomic E-state index is 0.118. The van der Waals surface area contributed by atoms with Crippen LogP contribution in [-0.2, 0) is 11.3 Å². The second kappa shape index (κ2) is 8.22. The van der Waals surface area contributed by atoms with Gasteiger partial charge in [0.1, 0.15) is 6.04 Å². The molecule has 1 aliphatic heterocycles. The Kier molecular flexibility index (Phi) is 5.75. The quantitative estimate of drug-likeness (QED) is 0.809. The van der Waals surface area contributed by atoms with Gasteiger partial charge in [-0.3, -0.25) is 9.69 Å². The molecule has 1 aromatic heterocycles. The molecule has 8 heteroatoms. The predicted molar refractivity (Wildman–Crippen MR) is 99.4 cm³/mol. The molecule has 0 bridgehead atoms. The molecule has 2 aromatic rings. The molecule has 1 aromatic carbocycles. The summed E-state index contributed by atoms with van der Waals surface area (Å²) >= 11 is 0. The van der Waals surface area contributed by atoms with Crippen LogP contribution in [0.3, 0.4) is 0 Å². The van der Waals surface area contributed by atoms with Crippen LogP contribution in [0.25, 0.3) is 0 Å². The van der Waals surface area contributed by atoms with E-state index in [2.05, 4.69) is 10.5 Å². The fourth-order valence-corrected chi connectivity index (χ4v) is 3.29. The topological polar surface area (TPSA) is 98.9 Å². The van der Waals surface area contributed by atoms with E-state index < -0.39 is 12.0 Å². The zero-order chi connectivity index (χ0) is 19.4. The normalized spacial score (nSPS) is 15.1. The van der Waals surface area contributed by atoms with Crippen molar-refractivity contribution in [3.05, 3.63) is 47.3 Å². The SMILES string of the molecule is Cc1cc(CN(C)[C@H](C(=O)O)c2ccc(NC(=O)N3CCCC3)cc2)on1. The third kappa shape index (κ3) is 4.65. The number of carbonyl (C=O) groups is 2. The van der Waals surface area contributed by atoms with Crippen LogP contribution in [-0.4, -0.2) is 52.2 Å². The summed E-state index contributed by atoms with van der Waals surface area (Å²) < 4.78 is 5.18. The van der Waals surface area contributed by atoms with E-state index >= 15 is 0 Å². The molecule has 144 valence electrons. The van der Waals surface area contributed by atoms with Gasteiger partial charge in [0, 0.05) is 24.8 Å². The third-order valence-corrected chi connectivity index (χ3v) is 4.63. The van der Waals surface area contributed by atoms with Crippen molar-refractivity contribution in [1.29, 1.82) is 0 Å². The average molecular weight is 372 g/mol. The van der Waals surface area contributed by atoms with Crippen LogP contribution in [0.15, 0.2) is 34.9 Å². The highest BCUT2D eigenvalue weighted by molar-refractivity contribution is 5.89. The van der Waals surface area contributed by atoms with E-state index in [1.165, 1.54) is 0 Å². The molecule has 2 amide bonds. The molecule has 2 heterocycles. The number of aromatic nitrogens is 1. The molecule has 0 saturated carbocycles. The van der Waals surface area contributed by atoms with E-state index in [0.717, 1.165) is 31.6 Å². The summed E-state index contributed by atoms with van der Waals surface area (Å²) in [4.78, 5) is 27.4. The number of hydrogen-bond acceptors (Lipinski definition) is 5. The first-order chi connectivity index (χ1) is 12.9. The van der Waals surface area contributed by atoms with E-state index in [4.69, 9.17) is 4.52 Å². The second-order valence-electron chi connectivity index (χ2n) is 6.84. The first-order valence-corrected chi connectivity index (χ1v) is 8.95. The largest absolute Gasteiger partial charge is 0.480 e. The zero-order valence-corrected chi connectivity index (χ0v) is 15.5. The molecule has 0 aliphatic carbocycles. The summed E-state index contributed by atoms with van der Waals surface area (Å²) in [5, 5.41) is 16.4. The second-order valence-corrected chi connectivity index (χ2v) is 6.84. The first kappa shape index (κ1) is 18.9. The van der Waals surface area contributed by atoms with E-state index in [1.807, 2.05) is 6.92 Å². The van der Waals surface area contributed by atoms with Gasteiger partial charge in [-0.15, -0.1) is 0 Å². The Morgan fingerprint density at radius 2 is 1.96 bits per heavy atom. The molecule has 1 aliphatic rings. The van der Waals surface area contributed by atoms with Gasteiger partial charge in [0.25, 0.3) is 0 Å². The highest BCUT2D eigenvalue weighted by Crippen LogP contribution is 2.24. The van der Waals surface area contributed by atoms with E-state index in [0.29, 0.717) is 23.6 Å². The number of carboxylic acid groups (broad SMARTS) is 1. The number of carboxylic acids is 1. The minimum atomic E-state index is -0.956. The van der Waals surface area contributed by atoms with Crippen molar-refractivity contribution in [2.45, 2.75) is 32.4 Å². The number of likely N-dealkylation sites (tertiary alicyclic amines) is 1. The summed E-state index contributed by atoms with van der Waals surface area (Å²) in [7, 11) is 1.72.